The number of hydrogen-bond donors (Lipinski definition) is 1. The van der Waals surface area contributed by atoms with E-state index in [2.05, 4.69) is 16.8 Å². The summed E-state index contributed by atoms with van der Waals surface area (Å²) in [4.78, 5) is 36.9. The molecule has 0 radical (unpaired) electrons. The van der Waals surface area contributed by atoms with Gasteiger partial charge in [0.15, 0.2) is 41.4 Å². The van der Waals surface area contributed by atoms with Gasteiger partial charge in [0, 0.05) is 32.7 Å². The summed E-state index contributed by atoms with van der Waals surface area (Å²) >= 11 is 0. The number of halogens is 5. The Hall–Kier alpha value is -3.66. The van der Waals surface area contributed by atoms with Crippen LogP contribution in [0.15, 0.2) is 11.1 Å². The highest BCUT2D eigenvalue weighted by atomic mass is 19.2. The van der Waals surface area contributed by atoms with Crippen molar-refractivity contribution < 1.29 is 31.5 Å². The lowest BCUT2D eigenvalue weighted by atomic mass is 10.1. The number of likely N-dealkylation sites (N-methyl/N-ethyl adjacent to an activating group) is 1. The molecule has 3 aliphatic heterocycles. The number of guanidine groups is 1. The third kappa shape index (κ3) is 4.61. The number of imide groups is 1. The number of aliphatic imine (C=N–C) groups is 1. The van der Waals surface area contributed by atoms with Gasteiger partial charge in [0.25, 0.3) is 5.91 Å². The minimum atomic E-state index is -2.27. The number of carbonyl (C=O) groups is 2. The van der Waals surface area contributed by atoms with Gasteiger partial charge in [-0.25, -0.2) is 31.7 Å². The predicted octanol–water partition coefficient (Wildman–Crippen LogP) is 2.10. The zero-order chi connectivity index (χ0) is 27.0. The molecule has 3 amide bonds. The van der Waals surface area contributed by atoms with Crippen LogP contribution in [0.2, 0.25) is 0 Å². The van der Waals surface area contributed by atoms with Crippen LogP contribution in [0.1, 0.15) is 25.3 Å². The van der Waals surface area contributed by atoms with Gasteiger partial charge in [0.05, 0.1) is 12.1 Å². The summed E-state index contributed by atoms with van der Waals surface area (Å²) in [6, 6.07) is -1.72. The lowest BCUT2D eigenvalue weighted by Gasteiger charge is -2.41. The number of rotatable bonds is 4. The number of urea groups is 1. The minimum Gasteiger partial charge on any atom is -0.341 e. The second-order valence-corrected chi connectivity index (χ2v) is 8.92. The third-order valence-electron chi connectivity index (χ3n) is 6.55. The molecule has 1 aromatic carbocycles. The summed E-state index contributed by atoms with van der Waals surface area (Å²) in [6.07, 6.45) is 2.49. The molecule has 8 nitrogen and oxygen atoms in total. The van der Waals surface area contributed by atoms with Crippen LogP contribution in [0.4, 0.5) is 26.7 Å². The van der Waals surface area contributed by atoms with Crippen molar-refractivity contribution in [3.8, 4) is 11.8 Å². The first-order chi connectivity index (χ1) is 17.6. The number of nitrogens with two attached hydrogens (primary N) is 1. The molecule has 1 aromatic rings. The molecule has 3 atom stereocenters. The van der Waals surface area contributed by atoms with Gasteiger partial charge in [0.1, 0.15) is 0 Å². The molecule has 3 aliphatic rings. The van der Waals surface area contributed by atoms with Crippen LogP contribution >= 0.6 is 0 Å². The van der Waals surface area contributed by atoms with Crippen molar-refractivity contribution >= 4 is 24.0 Å². The number of likely N-dealkylation sites (tertiary alicyclic amines) is 1. The number of benzene rings is 1. The van der Waals surface area contributed by atoms with E-state index in [4.69, 9.17) is 5.73 Å². The van der Waals surface area contributed by atoms with Crippen molar-refractivity contribution in [2.24, 2.45) is 10.7 Å². The molecule has 2 saturated heterocycles. The van der Waals surface area contributed by atoms with E-state index >= 15 is 0 Å². The van der Waals surface area contributed by atoms with Gasteiger partial charge in [-0.3, -0.25) is 9.69 Å². The normalized spacial score (nSPS) is 24.0. The van der Waals surface area contributed by atoms with E-state index in [1.165, 1.54) is 11.9 Å². The van der Waals surface area contributed by atoms with Crippen molar-refractivity contribution in [3.63, 3.8) is 0 Å². The van der Waals surface area contributed by atoms with E-state index in [0.29, 0.717) is 25.1 Å². The van der Waals surface area contributed by atoms with Gasteiger partial charge in [-0.2, -0.15) is 0 Å². The highest BCUT2D eigenvalue weighted by Crippen LogP contribution is 2.30. The third-order valence-corrected chi connectivity index (χ3v) is 6.55. The molecule has 2 fully saturated rings. The van der Waals surface area contributed by atoms with Crippen LogP contribution in [0.25, 0.3) is 6.08 Å². The van der Waals surface area contributed by atoms with Crippen LogP contribution in [-0.2, 0) is 4.79 Å². The zero-order valence-electron chi connectivity index (χ0n) is 20.1. The van der Waals surface area contributed by atoms with Gasteiger partial charge in [-0.15, -0.1) is 5.92 Å². The lowest BCUT2D eigenvalue weighted by Crippen LogP contribution is -2.65. The number of nitrogens with zero attached hydrogens (tertiary/aromatic N) is 5. The lowest BCUT2D eigenvalue weighted by molar-refractivity contribution is -0.136. The summed E-state index contributed by atoms with van der Waals surface area (Å²) < 4.78 is 68.3. The zero-order valence-corrected chi connectivity index (χ0v) is 20.1. The predicted molar refractivity (Wildman–Crippen MR) is 124 cm³/mol. The van der Waals surface area contributed by atoms with Gasteiger partial charge >= 0.3 is 6.03 Å². The Kier molecular flexibility index (Phi) is 7.40. The van der Waals surface area contributed by atoms with Crippen molar-refractivity contribution in [2.75, 3.05) is 33.2 Å². The first kappa shape index (κ1) is 26.4. The monoisotopic (exact) mass is 524 g/mol. The van der Waals surface area contributed by atoms with Gasteiger partial charge < -0.3 is 20.4 Å². The standard InChI is InChI=1S/C24H25F5N6O2/c1-3-4-10-34-20-21(31-23(34)33-9-5-7-13(30)12-33)32(2)24(37)35(22(20)36)11-6-8-14-15(25)17(27)19(29)18(28)16(14)26/h6,8,13,20-21H,5,7,9-12,30H2,1-2H3/b8-6+/t13-,20?,21?/m1/s1. The van der Waals surface area contributed by atoms with E-state index in [1.54, 1.807) is 11.8 Å². The van der Waals surface area contributed by atoms with Crippen LogP contribution < -0.4 is 5.73 Å². The Morgan fingerprint density at radius 1 is 1.08 bits per heavy atom. The molecule has 4 rings (SSSR count). The van der Waals surface area contributed by atoms with Crippen LogP contribution in [0, 0.1) is 40.9 Å². The maximum absolute atomic E-state index is 14.0. The van der Waals surface area contributed by atoms with E-state index in [9.17, 15) is 31.5 Å². The number of amides is 3. The molecule has 2 N–H and O–H groups in total. The van der Waals surface area contributed by atoms with Crippen molar-refractivity contribution in [1.29, 1.82) is 0 Å². The maximum atomic E-state index is 14.0. The first-order valence-corrected chi connectivity index (χ1v) is 11.6. The quantitative estimate of drug-likeness (QED) is 0.282. The molecule has 13 heteroatoms. The fraction of sp³-hybridized carbons (Fsp3) is 0.458. The summed E-state index contributed by atoms with van der Waals surface area (Å²) in [5.74, 6) is -4.92. The topological polar surface area (TPSA) is 85.5 Å². The molecule has 0 spiro atoms. The number of carbonyl (C=O) groups excluding carboxylic acids is 2. The number of piperidine rings is 1. The highest BCUT2D eigenvalue weighted by Gasteiger charge is 2.52. The molecule has 2 unspecified atom stereocenters. The maximum Gasteiger partial charge on any atom is 0.328 e. The van der Waals surface area contributed by atoms with Crippen molar-refractivity contribution in [2.45, 2.75) is 38.0 Å². The molecular formula is C24H25F5N6O2. The summed E-state index contributed by atoms with van der Waals surface area (Å²) in [5, 5.41) is 0. The first-order valence-electron chi connectivity index (χ1n) is 11.6. The minimum absolute atomic E-state index is 0.0724. The second-order valence-electron chi connectivity index (χ2n) is 8.92. The number of hydrogen-bond acceptors (Lipinski definition) is 6. The smallest absolute Gasteiger partial charge is 0.328 e. The van der Waals surface area contributed by atoms with E-state index in [-0.39, 0.29) is 12.6 Å². The second kappa shape index (κ2) is 10.4. The van der Waals surface area contributed by atoms with E-state index in [0.717, 1.165) is 23.8 Å². The largest absolute Gasteiger partial charge is 0.341 e. The molecule has 198 valence electrons. The Bertz CT molecular complexity index is 1210. The highest BCUT2D eigenvalue weighted by molar-refractivity contribution is 6.04. The molecular weight excluding hydrogens is 499 g/mol. The molecule has 0 aliphatic carbocycles. The fourth-order valence-electron chi connectivity index (χ4n) is 4.67. The Morgan fingerprint density at radius 2 is 1.73 bits per heavy atom. The van der Waals surface area contributed by atoms with E-state index < -0.39 is 65.3 Å². The molecule has 0 bridgehead atoms. The Balaban J connectivity index is 1.61. The molecule has 37 heavy (non-hydrogen) atoms. The Morgan fingerprint density at radius 3 is 2.35 bits per heavy atom. The van der Waals surface area contributed by atoms with Gasteiger partial charge in [0.2, 0.25) is 5.82 Å². The van der Waals surface area contributed by atoms with Gasteiger partial charge in [-0.05, 0) is 19.8 Å². The molecule has 0 saturated carbocycles. The molecule has 0 aromatic heterocycles. The van der Waals surface area contributed by atoms with Crippen molar-refractivity contribution in [1.82, 2.24) is 19.6 Å². The van der Waals surface area contributed by atoms with E-state index in [1.807, 2.05) is 4.90 Å². The SMILES string of the molecule is CC#CCN1C(N2CCC[C@@H](N)C2)=NC2C1C(=O)N(C/C=C/c1c(F)c(F)c(F)c(F)c1F)C(=O)N2C. The average Bonchev–Trinajstić information content (AvgIpc) is 3.27. The fourth-order valence-corrected chi connectivity index (χ4v) is 4.67. The van der Waals surface area contributed by atoms with Crippen molar-refractivity contribution in [3.05, 3.63) is 40.7 Å². The summed E-state index contributed by atoms with van der Waals surface area (Å²) in [7, 11) is 1.46. The van der Waals surface area contributed by atoms with Gasteiger partial charge in [-0.1, -0.05) is 18.1 Å². The average molecular weight is 524 g/mol. The van der Waals surface area contributed by atoms with Crippen LogP contribution in [0.5, 0.6) is 0 Å². The van der Waals surface area contributed by atoms with Crippen LogP contribution in [-0.4, -0.2) is 89.0 Å². The Labute approximate surface area is 210 Å². The van der Waals surface area contributed by atoms with Crippen LogP contribution in [0.3, 0.4) is 0 Å². The number of fused-ring (bicyclic) bond motifs is 1. The molecule has 3 heterocycles. The summed E-state index contributed by atoms with van der Waals surface area (Å²) in [5.41, 5.74) is 4.95. The summed E-state index contributed by atoms with van der Waals surface area (Å²) in [6.45, 7) is 2.53.